The van der Waals surface area contributed by atoms with E-state index in [9.17, 15) is 0 Å². The molecule has 1 saturated carbocycles. The molecule has 0 aromatic heterocycles. The Morgan fingerprint density at radius 1 is 1.39 bits per heavy atom. The van der Waals surface area contributed by atoms with Crippen molar-refractivity contribution in [3.8, 4) is 0 Å². The molecular formula is C15H20N2O. The van der Waals surface area contributed by atoms with Crippen molar-refractivity contribution in [1.29, 1.82) is 0 Å². The summed E-state index contributed by atoms with van der Waals surface area (Å²) in [5.74, 6) is 0.450. The van der Waals surface area contributed by atoms with Crippen molar-refractivity contribution in [2.45, 2.75) is 26.3 Å². The molecule has 1 aromatic rings. The standard InChI is InChI=1S/C15H20N2O/c1-12(16-18)14-10-17(11-15(14)7-8-15)9-13-5-3-2-4-6-13/h2-6,14,18H,7-11H2,1H3/b16-12+. The van der Waals surface area contributed by atoms with E-state index in [0.29, 0.717) is 11.3 Å². The van der Waals surface area contributed by atoms with Crippen molar-refractivity contribution < 1.29 is 5.21 Å². The van der Waals surface area contributed by atoms with Gasteiger partial charge in [0.2, 0.25) is 0 Å². The largest absolute Gasteiger partial charge is 0.411 e. The summed E-state index contributed by atoms with van der Waals surface area (Å²) < 4.78 is 0. The normalized spacial score (nSPS) is 26.7. The van der Waals surface area contributed by atoms with Crippen LogP contribution in [0, 0.1) is 11.3 Å². The Hall–Kier alpha value is -1.35. The maximum Gasteiger partial charge on any atom is 0.0589 e. The van der Waals surface area contributed by atoms with E-state index in [2.05, 4.69) is 40.4 Å². The predicted molar refractivity (Wildman–Crippen MR) is 71.8 cm³/mol. The molecule has 1 atom stereocenters. The van der Waals surface area contributed by atoms with Gasteiger partial charge in [-0.1, -0.05) is 35.5 Å². The number of hydrogen-bond donors (Lipinski definition) is 1. The molecule has 1 aromatic carbocycles. The maximum atomic E-state index is 9.00. The average Bonchev–Trinajstić information content (AvgIpc) is 3.06. The van der Waals surface area contributed by atoms with Crippen molar-refractivity contribution in [2.75, 3.05) is 13.1 Å². The molecule has 1 heterocycles. The second-order valence-corrected chi connectivity index (χ2v) is 5.81. The van der Waals surface area contributed by atoms with Gasteiger partial charge in [0.1, 0.15) is 0 Å². The van der Waals surface area contributed by atoms with Crippen molar-refractivity contribution in [2.24, 2.45) is 16.5 Å². The van der Waals surface area contributed by atoms with Gasteiger partial charge in [0, 0.05) is 25.6 Å². The summed E-state index contributed by atoms with van der Waals surface area (Å²) in [4.78, 5) is 2.50. The fourth-order valence-corrected chi connectivity index (χ4v) is 3.35. The Morgan fingerprint density at radius 2 is 2.11 bits per heavy atom. The highest BCUT2D eigenvalue weighted by molar-refractivity contribution is 5.85. The first-order valence-corrected chi connectivity index (χ1v) is 6.68. The molecule has 1 saturated heterocycles. The minimum absolute atomic E-state index is 0.422. The second kappa shape index (κ2) is 4.39. The first-order chi connectivity index (χ1) is 8.73. The number of nitrogens with zero attached hydrogens (tertiary/aromatic N) is 2. The van der Waals surface area contributed by atoms with Crippen LogP contribution in [0.25, 0.3) is 0 Å². The molecule has 3 heteroatoms. The summed E-state index contributed by atoms with van der Waals surface area (Å²) in [6.45, 7) is 5.15. The zero-order valence-electron chi connectivity index (χ0n) is 10.8. The van der Waals surface area contributed by atoms with Crippen LogP contribution in [0.2, 0.25) is 0 Å². The van der Waals surface area contributed by atoms with Gasteiger partial charge in [-0.05, 0) is 30.7 Å². The SMILES string of the molecule is C/C(=N\O)C1CN(Cc2ccccc2)CC12CC2. The molecular weight excluding hydrogens is 224 g/mol. The Balaban J connectivity index is 1.70. The monoisotopic (exact) mass is 244 g/mol. The minimum Gasteiger partial charge on any atom is -0.411 e. The van der Waals surface area contributed by atoms with Crippen molar-refractivity contribution >= 4 is 5.71 Å². The molecule has 2 aliphatic rings. The first kappa shape index (κ1) is 11.7. The third-order valence-electron chi connectivity index (χ3n) is 4.52. The number of likely N-dealkylation sites (tertiary alicyclic amines) is 1. The molecule has 0 amide bonds. The lowest BCUT2D eigenvalue weighted by molar-refractivity contribution is 0.308. The van der Waals surface area contributed by atoms with Gasteiger partial charge in [0.05, 0.1) is 5.71 Å². The van der Waals surface area contributed by atoms with E-state index in [0.717, 1.165) is 25.3 Å². The molecule has 1 N–H and O–H groups in total. The highest BCUT2D eigenvalue weighted by atomic mass is 16.4. The van der Waals surface area contributed by atoms with Crippen LogP contribution in [0.1, 0.15) is 25.3 Å². The van der Waals surface area contributed by atoms with Gasteiger partial charge < -0.3 is 5.21 Å². The van der Waals surface area contributed by atoms with Gasteiger partial charge in [-0.25, -0.2) is 0 Å². The highest BCUT2D eigenvalue weighted by Gasteiger charge is 2.55. The van der Waals surface area contributed by atoms with Crippen molar-refractivity contribution in [1.82, 2.24) is 4.90 Å². The minimum atomic E-state index is 0.422. The summed E-state index contributed by atoms with van der Waals surface area (Å²) in [6, 6.07) is 10.6. The van der Waals surface area contributed by atoms with Crippen molar-refractivity contribution in [3.05, 3.63) is 35.9 Å². The third kappa shape index (κ3) is 2.03. The zero-order valence-corrected chi connectivity index (χ0v) is 10.8. The Bertz CT molecular complexity index is 451. The van der Waals surface area contributed by atoms with Crippen LogP contribution in [0.5, 0.6) is 0 Å². The van der Waals surface area contributed by atoms with Gasteiger partial charge in [-0.2, -0.15) is 0 Å². The molecule has 3 rings (SSSR count). The number of hydrogen-bond acceptors (Lipinski definition) is 3. The molecule has 3 nitrogen and oxygen atoms in total. The third-order valence-corrected chi connectivity index (χ3v) is 4.52. The van der Waals surface area contributed by atoms with E-state index in [1.807, 2.05) is 6.92 Å². The first-order valence-electron chi connectivity index (χ1n) is 6.68. The van der Waals surface area contributed by atoms with Crippen LogP contribution in [0.4, 0.5) is 0 Å². The molecule has 2 fully saturated rings. The number of benzene rings is 1. The smallest absolute Gasteiger partial charge is 0.0589 e. The fourth-order valence-electron chi connectivity index (χ4n) is 3.35. The van der Waals surface area contributed by atoms with E-state index in [-0.39, 0.29) is 0 Å². The van der Waals surface area contributed by atoms with Crippen LogP contribution in [0.3, 0.4) is 0 Å². The number of oxime groups is 1. The van der Waals surface area contributed by atoms with Crippen LogP contribution in [-0.2, 0) is 6.54 Å². The van der Waals surface area contributed by atoms with Gasteiger partial charge >= 0.3 is 0 Å². The Labute approximate surface area is 108 Å². The molecule has 18 heavy (non-hydrogen) atoms. The van der Waals surface area contributed by atoms with Gasteiger partial charge in [-0.15, -0.1) is 0 Å². The van der Waals surface area contributed by atoms with E-state index >= 15 is 0 Å². The highest BCUT2D eigenvalue weighted by Crippen LogP contribution is 2.56. The van der Waals surface area contributed by atoms with E-state index < -0.39 is 0 Å². The van der Waals surface area contributed by atoms with Crippen LogP contribution in [-0.4, -0.2) is 28.9 Å². The quantitative estimate of drug-likeness (QED) is 0.504. The number of rotatable bonds is 3. The van der Waals surface area contributed by atoms with Crippen LogP contribution < -0.4 is 0 Å². The fraction of sp³-hybridized carbons (Fsp3) is 0.533. The van der Waals surface area contributed by atoms with Gasteiger partial charge in [-0.3, -0.25) is 4.90 Å². The summed E-state index contributed by atoms with van der Waals surface area (Å²) >= 11 is 0. The molecule has 1 aliphatic heterocycles. The maximum absolute atomic E-state index is 9.00. The molecule has 1 spiro atoms. The lowest BCUT2D eigenvalue weighted by Gasteiger charge is -2.15. The van der Waals surface area contributed by atoms with Crippen LogP contribution in [0.15, 0.2) is 35.5 Å². The molecule has 1 unspecified atom stereocenters. The Kier molecular flexibility index (Phi) is 2.86. The molecule has 0 bridgehead atoms. The van der Waals surface area contributed by atoms with Gasteiger partial charge in [0.25, 0.3) is 0 Å². The van der Waals surface area contributed by atoms with E-state index in [1.165, 1.54) is 18.4 Å². The van der Waals surface area contributed by atoms with Crippen LogP contribution >= 0.6 is 0 Å². The average molecular weight is 244 g/mol. The predicted octanol–water partition coefficient (Wildman–Crippen LogP) is 2.75. The molecule has 0 radical (unpaired) electrons. The summed E-state index contributed by atoms with van der Waals surface area (Å²) in [7, 11) is 0. The van der Waals surface area contributed by atoms with E-state index in [1.54, 1.807) is 0 Å². The summed E-state index contributed by atoms with van der Waals surface area (Å²) in [5, 5.41) is 12.4. The molecule has 96 valence electrons. The second-order valence-electron chi connectivity index (χ2n) is 5.81. The van der Waals surface area contributed by atoms with E-state index in [4.69, 9.17) is 5.21 Å². The van der Waals surface area contributed by atoms with Gasteiger partial charge in [0.15, 0.2) is 0 Å². The lowest BCUT2D eigenvalue weighted by atomic mass is 9.89. The lowest BCUT2D eigenvalue weighted by Crippen LogP contribution is -2.22. The Morgan fingerprint density at radius 3 is 2.72 bits per heavy atom. The molecule has 1 aliphatic carbocycles. The zero-order chi connectivity index (χ0) is 12.6. The summed E-state index contributed by atoms with van der Waals surface area (Å²) in [6.07, 6.45) is 2.58. The summed E-state index contributed by atoms with van der Waals surface area (Å²) in [5.41, 5.74) is 2.70. The van der Waals surface area contributed by atoms with Crippen molar-refractivity contribution in [3.63, 3.8) is 0 Å². The topological polar surface area (TPSA) is 35.8 Å².